The summed E-state index contributed by atoms with van der Waals surface area (Å²) >= 11 is 6.16. The summed E-state index contributed by atoms with van der Waals surface area (Å²) in [5.41, 5.74) is 2.47. The number of furan rings is 1. The van der Waals surface area contributed by atoms with Crippen molar-refractivity contribution in [2.24, 2.45) is 0 Å². The fourth-order valence-electron chi connectivity index (χ4n) is 2.54. The SMILES string of the molecule is CCc1cc(-c2ccc(CNCc3ccccc3)o2)c(Cl)[nH]c1=O. The molecule has 3 rings (SSSR count). The summed E-state index contributed by atoms with van der Waals surface area (Å²) in [5, 5.41) is 3.65. The van der Waals surface area contributed by atoms with E-state index in [-0.39, 0.29) is 5.56 Å². The van der Waals surface area contributed by atoms with E-state index < -0.39 is 0 Å². The number of benzene rings is 1. The van der Waals surface area contributed by atoms with Crippen LogP contribution < -0.4 is 10.9 Å². The van der Waals surface area contributed by atoms with E-state index in [2.05, 4.69) is 22.4 Å². The van der Waals surface area contributed by atoms with Gasteiger partial charge in [0, 0.05) is 12.1 Å². The van der Waals surface area contributed by atoms with Gasteiger partial charge >= 0.3 is 0 Å². The Hall–Kier alpha value is -2.30. The van der Waals surface area contributed by atoms with Crippen LogP contribution in [0.15, 0.2) is 57.7 Å². The van der Waals surface area contributed by atoms with Crippen LogP contribution in [0.2, 0.25) is 5.15 Å². The summed E-state index contributed by atoms with van der Waals surface area (Å²) in [5.74, 6) is 1.48. The highest BCUT2D eigenvalue weighted by Crippen LogP contribution is 2.27. The van der Waals surface area contributed by atoms with Gasteiger partial charge in [0.2, 0.25) is 0 Å². The van der Waals surface area contributed by atoms with Crippen molar-refractivity contribution in [1.29, 1.82) is 0 Å². The smallest absolute Gasteiger partial charge is 0.252 e. The van der Waals surface area contributed by atoms with Crippen molar-refractivity contribution in [3.63, 3.8) is 0 Å². The second-order valence-electron chi connectivity index (χ2n) is 5.56. The lowest BCUT2D eigenvalue weighted by atomic mass is 10.1. The van der Waals surface area contributed by atoms with E-state index in [0.717, 1.165) is 12.3 Å². The Balaban J connectivity index is 1.70. The first kappa shape index (κ1) is 16.6. The van der Waals surface area contributed by atoms with Crippen LogP contribution >= 0.6 is 11.6 Å². The molecule has 0 radical (unpaired) electrons. The number of aromatic amines is 1. The maximum atomic E-state index is 11.8. The van der Waals surface area contributed by atoms with Gasteiger partial charge in [0.1, 0.15) is 16.7 Å². The number of aryl methyl sites for hydroxylation is 1. The molecule has 5 heteroatoms. The number of halogens is 1. The second kappa shape index (κ2) is 7.51. The van der Waals surface area contributed by atoms with Crippen molar-refractivity contribution >= 4 is 11.6 Å². The van der Waals surface area contributed by atoms with E-state index in [9.17, 15) is 4.79 Å². The van der Waals surface area contributed by atoms with Crippen LogP contribution in [0.3, 0.4) is 0 Å². The zero-order valence-corrected chi connectivity index (χ0v) is 14.2. The summed E-state index contributed by atoms with van der Waals surface area (Å²) in [6.07, 6.45) is 0.645. The number of H-pyrrole nitrogens is 1. The minimum absolute atomic E-state index is 0.150. The average Bonchev–Trinajstić information content (AvgIpc) is 3.04. The van der Waals surface area contributed by atoms with E-state index in [1.165, 1.54) is 5.56 Å². The standard InChI is InChI=1S/C19H19ClN2O2/c1-2-14-10-16(18(20)22-19(14)23)17-9-8-15(24-17)12-21-11-13-6-4-3-5-7-13/h3-10,21H,2,11-12H2,1H3,(H,22,23). The molecule has 24 heavy (non-hydrogen) atoms. The molecule has 0 bridgehead atoms. The molecule has 2 N–H and O–H groups in total. The summed E-state index contributed by atoms with van der Waals surface area (Å²) in [6, 6.07) is 15.8. The van der Waals surface area contributed by atoms with Gasteiger partial charge in [-0.1, -0.05) is 48.9 Å². The van der Waals surface area contributed by atoms with Crippen LogP contribution in [0, 0.1) is 0 Å². The van der Waals surface area contributed by atoms with E-state index in [1.807, 2.05) is 37.3 Å². The third-order valence-electron chi connectivity index (χ3n) is 3.85. The van der Waals surface area contributed by atoms with Crippen LogP contribution in [0.4, 0.5) is 0 Å². The molecule has 0 unspecified atom stereocenters. The summed E-state index contributed by atoms with van der Waals surface area (Å²) in [6.45, 7) is 3.33. The molecular formula is C19H19ClN2O2. The van der Waals surface area contributed by atoms with Gasteiger partial charge in [0.15, 0.2) is 0 Å². The number of hydrogen-bond donors (Lipinski definition) is 2. The van der Waals surface area contributed by atoms with E-state index in [0.29, 0.717) is 35.0 Å². The van der Waals surface area contributed by atoms with Gasteiger partial charge in [-0.3, -0.25) is 4.79 Å². The molecule has 0 fully saturated rings. The Morgan fingerprint density at radius 3 is 2.67 bits per heavy atom. The molecule has 1 aromatic carbocycles. The Bertz CT molecular complexity index is 869. The first-order valence-electron chi connectivity index (χ1n) is 7.92. The quantitative estimate of drug-likeness (QED) is 0.662. The van der Waals surface area contributed by atoms with Gasteiger partial charge in [-0.25, -0.2) is 0 Å². The van der Waals surface area contributed by atoms with Gasteiger partial charge < -0.3 is 14.7 Å². The van der Waals surface area contributed by atoms with Crippen molar-refractivity contribution in [1.82, 2.24) is 10.3 Å². The minimum Gasteiger partial charge on any atom is -0.460 e. The van der Waals surface area contributed by atoms with Crippen molar-refractivity contribution in [2.75, 3.05) is 0 Å². The van der Waals surface area contributed by atoms with Crippen LogP contribution in [0.5, 0.6) is 0 Å². The Morgan fingerprint density at radius 2 is 1.92 bits per heavy atom. The highest BCUT2D eigenvalue weighted by molar-refractivity contribution is 6.32. The van der Waals surface area contributed by atoms with Crippen molar-refractivity contribution < 1.29 is 4.42 Å². The van der Waals surface area contributed by atoms with Crippen molar-refractivity contribution in [3.05, 3.63) is 80.9 Å². The normalized spacial score (nSPS) is 10.9. The van der Waals surface area contributed by atoms with E-state index >= 15 is 0 Å². The van der Waals surface area contributed by atoms with E-state index in [4.69, 9.17) is 16.0 Å². The summed E-state index contributed by atoms with van der Waals surface area (Å²) < 4.78 is 5.86. The third kappa shape index (κ3) is 3.78. The molecule has 0 spiro atoms. The Morgan fingerprint density at radius 1 is 1.12 bits per heavy atom. The number of hydrogen-bond acceptors (Lipinski definition) is 3. The van der Waals surface area contributed by atoms with Gasteiger partial charge in [-0.05, 0) is 30.2 Å². The maximum absolute atomic E-state index is 11.8. The van der Waals surface area contributed by atoms with E-state index in [1.54, 1.807) is 6.07 Å². The zero-order valence-electron chi connectivity index (χ0n) is 13.4. The molecular weight excluding hydrogens is 324 g/mol. The van der Waals surface area contributed by atoms with Crippen molar-refractivity contribution in [2.45, 2.75) is 26.4 Å². The lowest BCUT2D eigenvalue weighted by Gasteiger charge is -2.04. The molecule has 0 atom stereocenters. The molecule has 0 saturated carbocycles. The first-order valence-corrected chi connectivity index (χ1v) is 8.30. The molecule has 0 aliphatic rings. The highest BCUT2D eigenvalue weighted by Gasteiger charge is 2.12. The van der Waals surface area contributed by atoms with Crippen LogP contribution in [0.25, 0.3) is 11.3 Å². The predicted molar refractivity (Wildman–Crippen MR) is 96.1 cm³/mol. The monoisotopic (exact) mass is 342 g/mol. The van der Waals surface area contributed by atoms with Gasteiger partial charge in [-0.2, -0.15) is 0 Å². The average molecular weight is 343 g/mol. The van der Waals surface area contributed by atoms with Gasteiger partial charge in [0.05, 0.1) is 12.1 Å². The highest BCUT2D eigenvalue weighted by atomic mass is 35.5. The Labute approximate surface area is 145 Å². The molecule has 0 aliphatic heterocycles. The largest absolute Gasteiger partial charge is 0.460 e. The van der Waals surface area contributed by atoms with Crippen LogP contribution in [0.1, 0.15) is 23.8 Å². The summed E-state index contributed by atoms with van der Waals surface area (Å²) in [7, 11) is 0. The van der Waals surface area contributed by atoms with Crippen LogP contribution in [-0.4, -0.2) is 4.98 Å². The van der Waals surface area contributed by atoms with Gasteiger partial charge in [-0.15, -0.1) is 0 Å². The maximum Gasteiger partial charge on any atom is 0.252 e. The number of pyridine rings is 1. The predicted octanol–water partition coefficient (Wildman–Crippen LogP) is 4.14. The lowest BCUT2D eigenvalue weighted by Crippen LogP contribution is -2.12. The summed E-state index contributed by atoms with van der Waals surface area (Å²) in [4.78, 5) is 14.4. The zero-order chi connectivity index (χ0) is 16.9. The first-order chi connectivity index (χ1) is 11.7. The second-order valence-corrected chi connectivity index (χ2v) is 5.94. The fourth-order valence-corrected chi connectivity index (χ4v) is 2.77. The molecule has 0 amide bonds. The molecule has 0 aliphatic carbocycles. The molecule has 4 nitrogen and oxygen atoms in total. The number of aromatic nitrogens is 1. The number of rotatable bonds is 6. The molecule has 0 saturated heterocycles. The van der Waals surface area contributed by atoms with Crippen molar-refractivity contribution in [3.8, 4) is 11.3 Å². The van der Waals surface area contributed by atoms with Crippen LogP contribution in [-0.2, 0) is 19.5 Å². The van der Waals surface area contributed by atoms with Gasteiger partial charge in [0.25, 0.3) is 5.56 Å². The molecule has 3 aromatic rings. The minimum atomic E-state index is -0.150. The Kier molecular flexibility index (Phi) is 5.18. The number of nitrogens with one attached hydrogen (secondary N) is 2. The third-order valence-corrected chi connectivity index (χ3v) is 4.15. The lowest BCUT2D eigenvalue weighted by molar-refractivity contribution is 0.493. The molecule has 2 aromatic heterocycles. The fraction of sp³-hybridized carbons (Fsp3) is 0.211. The molecule has 124 valence electrons. The molecule has 2 heterocycles. The topological polar surface area (TPSA) is 58.0 Å².